The maximum Gasteiger partial charge on any atom is 0.337 e. The van der Waals surface area contributed by atoms with Crippen molar-refractivity contribution in [3.8, 4) is 11.1 Å². The van der Waals surface area contributed by atoms with Crippen LogP contribution in [0.1, 0.15) is 20.8 Å². The van der Waals surface area contributed by atoms with Crippen molar-refractivity contribution in [2.75, 3.05) is 12.4 Å². The van der Waals surface area contributed by atoms with Crippen LogP contribution in [0.2, 0.25) is 5.02 Å². The lowest BCUT2D eigenvalue weighted by Crippen LogP contribution is -2.24. The van der Waals surface area contributed by atoms with E-state index in [-0.39, 0.29) is 5.69 Å². The second kappa shape index (κ2) is 8.45. The number of fused-ring (bicyclic) bond motifs is 1. The Morgan fingerprint density at radius 1 is 0.935 bits per heavy atom. The van der Waals surface area contributed by atoms with Gasteiger partial charge in [-0.1, -0.05) is 29.8 Å². The van der Waals surface area contributed by atoms with Gasteiger partial charge in [-0.15, -0.1) is 0 Å². The molecule has 0 aliphatic rings. The van der Waals surface area contributed by atoms with Crippen molar-refractivity contribution < 1.29 is 19.1 Å². The number of carbonyl (C=O) groups is 3. The van der Waals surface area contributed by atoms with Gasteiger partial charge < -0.3 is 14.5 Å². The van der Waals surface area contributed by atoms with Crippen LogP contribution in [0.25, 0.3) is 16.6 Å². The molecule has 0 atom stereocenters. The number of halogens is 1. The third-order valence-electron chi connectivity index (χ3n) is 4.82. The van der Waals surface area contributed by atoms with E-state index in [1.54, 1.807) is 40.9 Å². The van der Waals surface area contributed by atoms with Crippen LogP contribution in [-0.2, 0) is 9.53 Å². The van der Waals surface area contributed by atoms with Crippen molar-refractivity contribution in [3.05, 3.63) is 95.3 Å². The minimum atomic E-state index is -0.787. The molecule has 2 aromatic heterocycles. The predicted octanol–water partition coefficient (Wildman–Crippen LogP) is 4.87. The third kappa shape index (κ3) is 4.06. The first-order valence-corrected chi connectivity index (χ1v) is 9.76. The smallest absolute Gasteiger partial charge is 0.337 e. The van der Waals surface area contributed by atoms with Gasteiger partial charge in [-0.25, -0.2) is 4.79 Å². The lowest BCUT2D eigenvalue weighted by molar-refractivity contribution is -0.112. The molecule has 1 N–H and O–H groups in total. The average molecular weight is 433 g/mol. The second-order valence-electron chi connectivity index (χ2n) is 6.76. The molecule has 4 rings (SSSR count). The molecule has 154 valence electrons. The fourth-order valence-corrected chi connectivity index (χ4v) is 3.43. The monoisotopic (exact) mass is 432 g/mol. The lowest BCUT2D eigenvalue weighted by atomic mass is 10.0. The fourth-order valence-electron chi connectivity index (χ4n) is 3.31. The highest BCUT2D eigenvalue weighted by Crippen LogP contribution is 2.29. The zero-order valence-corrected chi connectivity index (χ0v) is 17.2. The number of ketones is 1. The maximum atomic E-state index is 13.2. The zero-order valence-electron chi connectivity index (χ0n) is 16.5. The Balaban J connectivity index is 1.68. The SMILES string of the molecule is COC(=O)c1ccc(NC(=O)C(=O)c2c(-c3ccc(Cl)cc3)cc3ccccn23)cc1. The van der Waals surface area contributed by atoms with E-state index in [1.165, 1.54) is 31.4 Å². The number of hydrogen-bond donors (Lipinski definition) is 1. The van der Waals surface area contributed by atoms with Crippen LogP contribution in [0.15, 0.2) is 79.0 Å². The highest BCUT2D eigenvalue weighted by atomic mass is 35.5. The standard InChI is InChI=1S/C24H17ClN2O4/c1-31-24(30)16-7-11-18(12-8-16)26-23(29)22(28)21-20(15-5-9-17(25)10-6-15)14-19-4-2-3-13-27(19)21/h2-14H,1H3,(H,26,29). The highest BCUT2D eigenvalue weighted by Gasteiger charge is 2.25. The van der Waals surface area contributed by atoms with E-state index < -0.39 is 17.7 Å². The molecule has 0 fully saturated rings. The van der Waals surface area contributed by atoms with Gasteiger partial charge in [0, 0.05) is 28.0 Å². The van der Waals surface area contributed by atoms with E-state index in [1.807, 2.05) is 18.2 Å². The van der Waals surface area contributed by atoms with E-state index in [2.05, 4.69) is 10.1 Å². The Morgan fingerprint density at radius 3 is 2.32 bits per heavy atom. The number of carbonyl (C=O) groups excluding carboxylic acids is 3. The van der Waals surface area contributed by atoms with Gasteiger partial charge in [0.25, 0.3) is 11.7 Å². The van der Waals surface area contributed by atoms with Gasteiger partial charge in [-0.05, 0) is 60.2 Å². The summed E-state index contributed by atoms with van der Waals surface area (Å²) in [5.74, 6) is -1.96. The Hall–Kier alpha value is -3.90. The molecule has 0 bridgehead atoms. The van der Waals surface area contributed by atoms with Gasteiger partial charge in [0.15, 0.2) is 0 Å². The first-order chi connectivity index (χ1) is 15.0. The molecule has 0 aliphatic heterocycles. The molecule has 0 saturated carbocycles. The van der Waals surface area contributed by atoms with E-state index >= 15 is 0 Å². The topological polar surface area (TPSA) is 76.9 Å². The molecule has 31 heavy (non-hydrogen) atoms. The number of rotatable bonds is 5. The number of anilines is 1. The molecule has 0 aliphatic carbocycles. The largest absolute Gasteiger partial charge is 0.465 e. The zero-order chi connectivity index (χ0) is 22.0. The molecule has 0 radical (unpaired) electrons. The summed E-state index contributed by atoms with van der Waals surface area (Å²) in [7, 11) is 1.29. The minimum Gasteiger partial charge on any atom is -0.465 e. The minimum absolute atomic E-state index is 0.251. The first-order valence-electron chi connectivity index (χ1n) is 9.38. The number of methoxy groups -OCH3 is 1. The van der Waals surface area contributed by atoms with Crippen LogP contribution in [0.4, 0.5) is 5.69 Å². The molecule has 4 aromatic rings. The maximum absolute atomic E-state index is 13.2. The summed E-state index contributed by atoms with van der Waals surface area (Å²) in [5.41, 5.74) is 3.16. The molecular formula is C24H17ClN2O4. The van der Waals surface area contributed by atoms with E-state index in [4.69, 9.17) is 11.6 Å². The van der Waals surface area contributed by atoms with Crippen LogP contribution in [0.3, 0.4) is 0 Å². The normalized spacial score (nSPS) is 10.6. The van der Waals surface area contributed by atoms with Crippen LogP contribution < -0.4 is 5.32 Å². The summed E-state index contributed by atoms with van der Waals surface area (Å²) in [6.45, 7) is 0. The van der Waals surface area contributed by atoms with Gasteiger partial charge in [0.05, 0.1) is 12.7 Å². The lowest BCUT2D eigenvalue weighted by Gasteiger charge is -2.08. The first kappa shape index (κ1) is 20.4. The Morgan fingerprint density at radius 2 is 1.65 bits per heavy atom. The average Bonchev–Trinajstić information content (AvgIpc) is 3.18. The van der Waals surface area contributed by atoms with Crippen molar-refractivity contribution in [2.24, 2.45) is 0 Å². The molecule has 2 heterocycles. The molecule has 2 aromatic carbocycles. The summed E-state index contributed by atoms with van der Waals surface area (Å²) in [6.07, 6.45) is 1.74. The summed E-state index contributed by atoms with van der Waals surface area (Å²) in [4.78, 5) is 37.5. The Kier molecular flexibility index (Phi) is 5.56. The van der Waals surface area contributed by atoms with Crippen molar-refractivity contribution in [1.82, 2.24) is 4.40 Å². The van der Waals surface area contributed by atoms with Crippen molar-refractivity contribution in [3.63, 3.8) is 0 Å². The van der Waals surface area contributed by atoms with Crippen molar-refractivity contribution in [2.45, 2.75) is 0 Å². The highest BCUT2D eigenvalue weighted by molar-refractivity contribution is 6.47. The number of benzene rings is 2. The Labute approximate surface area is 183 Å². The predicted molar refractivity (Wildman–Crippen MR) is 119 cm³/mol. The van der Waals surface area contributed by atoms with Crippen LogP contribution in [0.5, 0.6) is 0 Å². The number of nitrogens with one attached hydrogen (secondary N) is 1. The van der Waals surface area contributed by atoms with E-state index in [0.29, 0.717) is 21.8 Å². The number of nitrogens with zero attached hydrogens (tertiary/aromatic N) is 1. The number of esters is 1. The molecule has 1 amide bonds. The van der Waals surface area contributed by atoms with Crippen LogP contribution in [-0.4, -0.2) is 29.2 Å². The second-order valence-corrected chi connectivity index (χ2v) is 7.20. The molecule has 0 spiro atoms. The van der Waals surface area contributed by atoms with Gasteiger partial charge in [-0.3, -0.25) is 9.59 Å². The van der Waals surface area contributed by atoms with Crippen molar-refractivity contribution in [1.29, 1.82) is 0 Å². The fraction of sp³-hybridized carbons (Fsp3) is 0.0417. The number of Topliss-reactive ketones (excluding diaryl/α,β-unsaturated/α-hetero) is 1. The Bertz CT molecular complexity index is 1290. The molecule has 7 heteroatoms. The molecular weight excluding hydrogens is 416 g/mol. The summed E-state index contributed by atoms with van der Waals surface area (Å²) >= 11 is 6.00. The van der Waals surface area contributed by atoms with Gasteiger partial charge in [0.2, 0.25) is 0 Å². The quantitative estimate of drug-likeness (QED) is 0.277. The number of ether oxygens (including phenoxy) is 1. The van der Waals surface area contributed by atoms with Gasteiger partial charge in [-0.2, -0.15) is 0 Å². The molecule has 0 unspecified atom stereocenters. The third-order valence-corrected chi connectivity index (χ3v) is 5.07. The number of amides is 1. The van der Waals surface area contributed by atoms with E-state index in [0.717, 1.165) is 11.1 Å². The van der Waals surface area contributed by atoms with Crippen molar-refractivity contribution >= 4 is 40.5 Å². The number of pyridine rings is 1. The number of hydrogen-bond acceptors (Lipinski definition) is 4. The van der Waals surface area contributed by atoms with Gasteiger partial charge >= 0.3 is 5.97 Å². The summed E-state index contributed by atoms with van der Waals surface area (Å²) in [5, 5.41) is 3.17. The summed E-state index contributed by atoms with van der Waals surface area (Å²) < 4.78 is 6.34. The molecule has 0 saturated heterocycles. The summed E-state index contributed by atoms with van der Waals surface area (Å²) in [6, 6.07) is 20.5. The van der Waals surface area contributed by atoms with Crippen LogP contribution in [0, 0.1) is 0 Å². The number of aromatic nitrogens is 1. The molecule has 6 nitrogen and oxygen atoms in total. The van der Waals surface area contributed by atoms with E-state index in [9.17, 15) is 14.4 Å². The van der Waals surface area contributed by atoms with Gasteiger partial charge in [0.1, 0.15) is 5.69 Å². The van der Waals surface area contributed by atoms with Crippen LogP contribution >= 0.6 is 11.6 Å².